The number of hydrogen-bond acceptors (Lipinski definition) is 2. The number of nitrogens with one attached hydrogen (secondary N) is 1. The molecule has 2 aliphatic rings. The third-order valence-electron chi connectivity index (χ3n) is 6.47. The maximum absolute atomic E-state index is 14.3. The molecule has 4 nitrogen and oxygen atoms in total. The molecule has 0 spiro atoms. The zero-order valence-electron chi connectivity index (χ0n) is 17.2. The molecule has 5 heteroatoms. The Kier molecular flexibility index (Phi) is 6.65. The fourth-order valence-corrected chi connectivity index (χ4v) is 4.81. The minimum atomic E-state index is -0.138. The van der Waals surface area contributed by atoms with Crippen molar-refractivity contribution in [3.63, 3.8) is 0 Å². The third kappa shape index (κ3) is 5.08. The van der Waals surface area contributed by atoms with Crippen molar-refractivity contribution < 1.29 is 18.5 Å². The molecule has 29 heavy (non-hydrogen) atoms. The van der Waals surface area contributed by atoms with Gasteiger partial charge in [-0.05, 0) is 63.1 Å². The average molecular weight is 400 g/mol. The van der Waals surface area contributed by atoms with Gasteiger partial charge in [0.05, 0.1) is 6.04 Å². The van der Waals surface area contributed by atoms with Crippen LogP contribution in [0.2, 0.25) is 0 Å². The first-order chi connectivity index (χ1) is 14.2. The van der Waals surface area contributed by atoms with Crippen molar-refractivity contribution in [1.82, 2.24) is 4.90 Å². The molecule has 0 bridgehead atoms. The lowest BCUT2D eigenvalue weighted by molar-refractivity contribution is -0.954. The van der Waals surface area contributed by atoms with E-state index in [0.29, 0.717) is 24.9 Å². The van der Waals surface area contributed by atoms with Gasteiger partial charge in [0.1, 0.15) is 18.9 Å². The van der Waals surface area contributed by atoms with E-state index < -0.39 is 0 Å². The second-order valence-corrected chi connectivity index (χ2v) is 8.56. The fraction of sp³-hybridized carbons (Fsp3) is 0.542. The molecule has 2 heterocycles. The molecule has 4 rings (SSSR count). The summed E-state index contributed by atoms with van der Waals surface area (Å²) in [6, 6.07) is 11.3. The molecule has 0 radical (unpaired) electrons. The zero-order chi connectivity index (χ0) is 20.1. The molecule has 2 aromatic rings. The van der Waals surface area contributed by atoms with Crippen LogP contribution in [0.4, 0.5) is 4.39 Å². The van der Waals surface area contributed by atoms with E-state index >= 15 is 0 Å². The zero-order valence-corrected chi connectivity index (χ0v) is 17.2. The number of hydrogen-bond donors (Lipinski definition) is 1. The minimum Gasteiger partial charge on any atom is -0.450 e. The van der Waals surface area contributed by atoms with Gasteiger partial charge >= 0.3 is 0 Å². The summed E-state index contributed by atoms with van der Waals surface area (Å²) in [6.45, 7) is 2.98. The number of rotatable bonds is 6. The molecule has 1 amide bonds. The lowest BCUT2D eigenvalue weighted by atomic mass is 9.93. The van der Waals surface area contributed by atoms with E-state index in [0.717, 1.165) is 37.3 Å². The summed E-state index contributed by atoms with van der Waals surface area (Å²) in [6.07, 6.45) is 9.45. The first-order valence-corrected chi connectivity index (χ1v) is 11.2. The summed E-state index contributed by atoms with van der Waals surface area (Å²) in [5.41, 5.74) is 0.754. The Balaban J connectivity index is 1.47. The molecule has 1 N–H and O–H groups in total. The molecule has 1 aliphatic heterocycles. The number of furan rings is 1. The van der Waals surface area contributed by atoms with Crippen LogP contribution < -0.4 is 4.90 Å². The average Bonchev–Trinajstić information content (AvgIpc) is 3.24. The Labute approximate surface area is 172 Å². The molecule has 1 aliphatic carbocycles. The maximum atomic E-state index is 14.3. The smallest absolute Gasteiger partial charge is 0.289 e. The Morgan fingerprint density at radius 3 is 2.45 bits per heavy atom. The fourth-order valence-electron chi connectivity index (χ4n) is 4.81. The highest BCUT2D eigenvalue weighted by atomic mass is 19.1. The summed E-state index contributed by atoms with van der Waals surface area (Å²) in [7, 11) is 0. The Hall–Kier alpha value is -2.14. The van der Waals surface area contributed by atoms with Crippen LogP contribution >= 0.6 is 0 Å². The van der Waals surface area contributed by atoms with Crippen LogP contribution in [-0.2, 0) is 13.1 Å². The van der Waals surface area contributed by atoms with Crippen LogP contribution in [0.5, 0.6) is 0 Å². The molecule has 1 atom stereocenters. The summed E-state index contributed by atoms with van der Waals surface area (Å²) in [5, 5.41) is 0. The number of nitrogens with zero attached hydrogens (tertiary/aromatic N) is 1. The molecule has 1 aromatic heterocycles. The molecule has 1 saturated carbocycles. The number of likely N-dealkylation sites (tertiary alicyclic amines) is 1. The van der Waals surface area contributed by atoms with Crippen LogP contribution in [-0.4, -0.2) is 29.9 Å². The number of halogens is 1. The molecule has 1 aromatic carbocycles. The summed E-state index contributed by atoms with van der Waals surface area (Å²) in [4.78, 5) is 15.9. The molecular formula is C24H32FN2O2+. The SMILES string of the molecule is O=C(c1ccc(C[NH+](Cc2ccccc2F)C2CCCCC2)o1)N1CCCCC1. The standard InChI is InChI=1S/C24H31FN2O2/c25-22-12-6-5-9-19(22)17-27(20-10-3-1-4-11-20)18-21-13-14-23(29-21)24(28)26-15-7-2-8-16-26/h5-6,9,12-14,20H,1-4,7-8,10-11,15-18H2/p+1. The van der Waals surface area contributed by atoms with E-state index in [-0.39, 0.29) is 11.7 Å². The quantitative estimate of drug-likeness (QED) is 0.798. The summed E-state index contributed by atoms with van der Waals surface area (Å²) < 4.78 is 20.3. The van der Waals surface area contributed by atoms with Crippen LogP contribution in [0, 0.1) is 5.82 Å². The van der Waals surface area contributed by atoms with Crippen LogP contribution in [0.25, 0.3) is 0 Å². The van der Waals surface area contributed by atoms with Gasteiger partial charge in [-0.2, -0.15) is 0 Å². The minimum absolute atomic E-state index is 0.00395. The largest absolute Gasteiger partial charge is 0.450 e. The van der Waals surface area contributed by atoms with Gasteiger partial charge in [0, 0.05) is 18.7 Å². The monoisotopic (exact) mass is 399 g/mol. The van der Waals surface area contributed by atoms with Gasteiger partial charge in [-0.1, -0.05) is 24.6 Å². The van der Waals surface area contributed by atoms with Crippen LogP contribution in [0.3, 0.4) is 0 Å². The molecule has 1 saturated heterocycles. The second kappa shape index (κ2) is 9.57. The number of benzene rings is 1. The van der Waals surface area contributed by atoms with E-state index in [2.05, 4.69) is 0 Å². The van der Waals surface area contributed by atoms with Gasteiger partial charge in [0.2, 0.25) is 0 Å². The van der Waals surface area contributed by atoms with E-state index in [1.54, 1.807) is 6.07 Å². The highest BCUT2D eigenvalue weighted by molar-refractivity contribution is 5.91. The van der Waals surface area contributed by atoms with Crippen molar-refractivity contribution in [2.24, 2.45) is 0 Å². The van der Waals surface area contributed by atoms with Crippen molar-refractivity contribution in [3.05, 3.63) is 59.3 Å². The number of carbonyl (C=O) groups is 1. The molecule has 156 valence electrons. The maximum Gasteiger partial charge on any atom is 0.289 e. The number of piperidine rings is 1. The highest BCUT2D eigenvalue weighted by Crippen LogP contribution is 2.18. The Morgan fingerprint density at radius 2 is 1.69 bits per heavy atom. The van der Waals surface area contributed by atoms with Gasteiger partial charge in [0.15, 0.2) is 11.5 Å². The summed E-state index contributed by atoms with van der Waals surface area (Å²) in [5.74, 6) is 1.13. The Morgan fingerprint density at radius 1 is 0.966 bits per heavy atom. The van der Waals surface area contributed by atoms with Gasteiger partial charge < -0.3 is 14.2 Å². The number of carbonyl (C=O) groups excluding carboxylic acids is 1. The van der Waals surface area contributed by atoms with Gasteiger partial charge in [0.25, 0.3) is 5.91 Å². The van der Waals surface area contributed by atoms with E-state index in [4.69, 9.17) is 4.42 Å². The third-order valence-corrected chi connectivity index (χ3v) is 6.47. The van der Waals surface area contributed by atoms with Crippen molar-refractivity contribution in [1.29, 1.82) is 0 Å². The van der Waals surface area contributed by atoms with Crippen molar-refractivity contribution in [3.8, 4) is 0 Å². The summed E-state index contributed by atoms with van der Waals surface area (Å²) >= 11 is 0. The van der Waals surface area contributed by atoms with E-state index in [9.17, 15) is 9.18 Å². The first-order valence-electron chi connectivity index (χ1n) is 11.2. The second-order valence-electron chi connectivity index (χ2n) is 8.56. The first kappa shape index (κ1) is 20.1. The molecular weight excluding hydrogens is 367 g/mol. The normalized spacial score (nSPS) is 19.3. The lowest BCUT2D eigenvalue weighted by Gasteiger charge is -2.31. The predicted octanol–water partition coefficient (Wildman–Crippen LogP) is 3.96. The molecule has 1 unspecified atom stereocenters. The van der Waals surface area contributed by atoms with Crippen LogP contribution in [0.15, 0.2) is 40.8 Å². The van der Waals surface area contributed by atoms with Crippen molar-refractivity contribution in [2.75, 3.05) is 13.1 Å². The lowest BCUT2D eigenvalue weighted by Crippen LogP contribution is -3.13. The van der Waals surface area contributed by atoms with Crippen molar-refractivity contribution >= 4 is 5.91 Å². The number of quaternary nitrogens is 1. The highest BCUT2D eigenvalue weighted by Gasteiger charge is 2.28. The van der Waals surface area contributed by atoms with Gasteiger partial charge in [-0.25, -0.2) is 4.39 Å². The van der Waals surface area contributed by atoms with Crippen molar-refractivity contribution in [2.45, 2.75) is 70.5 Å². The number of amides is 1. The molecule has 2 fully saturated rings. The van der Waals surface area contributed by atoms with E-state index in [1.165, 1.54) is 49.5 Å². The van der Waals surface area contributed by atoms with Crippen LogP contribution in [0.1, 0.15) is 73.2 Å². The van der Waals surface area contributed by atoms with Gasteiger partial charge in [-0.15, -0.1) is 0 Å². The van der Waals surface area contributed by atoms with E-state index in [1.807, 2.05) is 29.2 Å². The topological polar surface area (TPSA) is 37.9 Å². The predicted molar refractivity (Wildman–Crippen MR) is 110 cm³/mol. The van der Waals surface area contributed by atoms with Gasteiger partial charge in [-0.3, -0.25) is 4.79 Å². The Bertz CT molecular complexity index is 807.